The van der Waals surface area contributed by atoms with Gasteiger partial charge in [-0.25, -0.2) is 0 Å². The molecule has 2 aliphatic rings. The third kappa shape index (κ3) is 3.83. The predicted molar refractivity (Wildman–Crippen MR) is 84.7 cm³/mol. The summed E-state index contributed by atoms with van der Waals surface area (Å²) >= 11 is 0. The Kier molecular flexibility index (Phi) is 5.10. The molecule has 110 valence electrons. The fourth-order valence-electron chi connectivity index (χ4n) is 3.58. The Morgan fingerprint density at radius 1 is 0.600 bits per heavy atom. The van der Waals surface area contributed by atoms with Gasteiger partial charge in [0, 0.05) is 13.1 Å². The van der Waals surface area contributed by atoms with Crippen LogP contribution in [0.5, 0.6) is 0 Å². The normalized spacial score (nSPS) is 22.0. The molecular weight excluding hydrogens is 244 g/mol. The highest BCUT2D eigenvalue weighted by atomic mass is 15.1. The average molecular weight is 272 g/mol. The lowest BCUT2D eigenvalue weighted by Gasteiger charge is -2.30. The van der Waals surface area contributed by atoms with Gasteiger partial charge in [0.2, 0.25) is 0 Å². The zero-order valence-electron chi connectivity index (χ0n) is 12.7. The second kappa shape index (κ2) is 7.24. The summed E-state index contributed by atoms with van der Waals surface area (Å²) in [4.78, 5) is 5.27. The average Bonchev–Trinajstić information content (AvgIpc) is 2.51. The number of hydrogen-bond donors (Lipinski definition) is 0. The van der Waals surface area contributed by atoms with Crippen LogP contribution in [0, 0.1) is 0 Å². The number of nitrogens with zero attached hydrogens (tertiary/aromatic N) is 2. The minimum atomic E-state index is 1.16. The van der Waals surface area contributed by atoms with Crippen molar-refractivity contribution in [2.45, 2.75) is 51.6 Å². The molecule has 0 bridgehead atoms. The van der Waals surface area contributed by atoms with E-state index in [1.165, 1.54) is 64.7 Å². The van der Waals surface area contributed by atoms with Crippen LogP contribution in [-0.4, -0.2) is 36.0 Å². The lowest BCUT2D eigenvalue weighted by Crippen LogP contribution is -2.31. The molecule has 2 aliphatic heterocycles. The van der Waals surface area contributed by atoms with Gasteiger partial charge >= 0.3 is 0 Å². The van der Waals surface area contributed by atoms with Gasteiger partial charge in [-0.3, -0.25) is 9.80 Å². The van der Waals surface area contributed by atoms with E-state index >= 15 is 0 Å². The Labute approximate surface area is 123 Å². The number of rotatable bonds is 4. The molecule has 0 N–H and O–H groups in total. The first-order valence-corrected chi connectivity index (χ1v) is 8.43. The van der Waals surface area contributed by atoms with E-state index in [4.69, 9.17) is 0 Å². The Bertz CT molecular complexity index is 365. The molecule has 0 unspecified atom stereocenters. The van der Waals surface area contributed by atoms with Crippen molar-refractivity contribution in [3.63, 3.8) is 0 Å². The van der Waals surface area contributed by atoms with Crippen LogP contribution in [0.3, 0.4) is 0 Å². The van der Waals surface area contributed by atoms with E-state index in [-0.39, 0.29) is 0 Å². The van der Waals surface area contributed by atoms with Gasteiger partial charge in [0.1, 0.15) is 0 Å². The highest BCUT2D eigenvalue weighted by Gasteiger charge is 2.15. The third-order valence-corrected chi connectivity index (χ3v) is 4.80. The zero-order valence-corrected chi connectivity index (χ0v) is 12.7. The molecule has 1 aromatic rings. The van der Waals surface area contributed by atoms with Crippen molar-refractivity contribution in [2.75, 3.05) is 26.2 Å². The van der Waals surface area contributed by atoms with Crippen LogP contribution >= 0.6 is 0 Å². The molecule has 2 saturated heterocycles. The lowest BCUT2D eigenvalue weighted by atomic mass is 10.0. The molecule has 0 spiro atoms. The van der Waals surface area contributed by atoms with Gasteiger partial charge in [0.25, 0.3) is 0 Å². The fraction of sp³-hybridized carbons (Fsp3) is 0.667. The standard InChI is InChI=1S/C18H28N2/c1-5-11-19(12-6-1)15-17-9-3-4-10-18(17)16-20-13-7-2-8-14-20/h3-4,9-10H,1-2,5-8,11-16H2. The van der Waals surface area contributed by atoms with E-state index in [1.54, 1.807) is 11.1 Å². The quantitative estimate of drug-likeness (QED) is 0.825. The SMILES string of the molecule is c1ccc(CN2CCCCC2)c(CN2CCCCC2)c1. The Morgan fingerprint density at radius 2 is 1.00 bits per heavy atom. The minimum absolute atomic E-state index is 1.16. The summed E-state index contributed by atoms with van der Waals surface area (Å²) in [5, 5.41) is 0. The Hall–Kier alpha value is -0.860. The zero-order chi connectivity index (χ0) is 13.6. The van der Waals surface area contributed by atoms with Crippen molar-refractivity contribution < 1.29 is 0 Å². The monoisotopic (exact) mass is 272 g/mol. The van der Waals surface area contributed by atoms with E-state index in [2.05, 4.69) is 34.1 Å². The van der Waals surface area contributed by atoms with Crippen LogP contribution in [0.2, 0.25) is 0 Å². The molecular formula is C18H28N2. The molecule has 0 aliphatic carbocycles. The molecule has 0 radical (unpaired) electrons. The van der Waals surface area contributed by atoms with Gasteiger partial charge in [0.15, 0.2) is 0 Å². The van der Waals surface area contributed by atoms with E-state index in [0.29, 0.717) is 0 Å². The molecule has 0 atom stereocenters. The number of benzene rings is 1. The maximum Gasteiger partial charge on any atom is 0.0236 e. The van der Waals surface area contributed by atoms with E-state index in [1.807, 2.05) is 0 Å². The summed E-state index contributed by atoms with van der Waals surface area (Å²) < 4.78 is 0. The highest BCUT2D eigenvalue weighted by Crippen LogP contribution is 2.19. The first kappa shape index (κ1) is 14.1. The van der Waals surface area contributed by atoms with Crippen molar-refractivity contribution in [3.8, 4) is 0 Å². The molecule has 2 heteroatoms. The first-order chi connectivity index (χ1) is 9.92. The summed E-state index contributed by atoms with van der Waals surface area (Å²) in [6, 6.07) is 9.10. The maximum absolute atomic E-state index is 2.64. The van der Waals surface area contributed by atoms with E-state index in [9.17, 15) is 0 Å². The number of likely N-dealkylation sites (tertiary alicyclic amines) is 2. The van der Waals surface area contributed by atoms with Gasteiger partial charge in [-0.05, 0) is 63.0 Å². The van der Waals surface area contributed by atoms with Crippen LogP contribution < -0.4 is 0 Å². The van der Waals surface area contributed by atoms with E-state index in [0.717, 1.165) is 13.1 Å². The van der Waals surface area contributed by atoms with Gasteiger partial charge in [-0.2, -0.15) is 0 Å². The van der Waals surface area contributed by atoms with Crippen molar-refractivity contribution in [1.82, 2.24) is 9.80 Å². The number of hydrogen-bond acceptors (Lipinski definition) is 2. The van der Waals surface area contributed by atoms with Crippen molar-refractivity contribution in [1.29, 1.82) is 0 Å². The summed E-state index contributed by atoms with van der Waals surface area (Å²) in [6.45, 7) is 7.47. The largest absolute Gasteiger partial charge is 0.299 e. The van der Waals surface area contributed by atoms with Crippen molar-refractivity contribution >= 4 is 0 Å². The maximum atomic E-state index is 2.64. The third-order valence-electron chi connectivity index (χ3n) is 4.80. The summed E-state index contributed by atoms with van der Waals surface area (Å²) in [7, 11) is 0. The van der Waals surface area contributed by atoms with Gasteiger partial charge < -0.3 is 0 Å². The molecule has 2 heterocycles. The Balaban J connectivity index is 1.63. The van der Waals surface area contributed by atoms with Gasteiger partial charge in [-0.1, -0.05) is 37.1 Å². The second-order valence-electron chi connectivity index (χ2n) is 6.44. The first-order valence-electron chi connectivity index (χ1n) is 8.43. The van der Waals surface area contributed by atoms with Crippen molar-refractivity contribution in [3.05, 3.63) is 35.4 Å². The Morgan fingerprint density at radius 3 is 1.40 bits per heavy atom. The predicted octanol–water partition coefficient (Wildman–Crippen LogP) is 3.66. The lowest BCUT2D eigenvalue weighted by molar-refractivity contribution is 0.209. The summed E-state index contributed by atoms with van der Waals surface area (Å²) in [6.07, 6.45) is 8.38. The van der Waals surface area contributed by atoms with Gasteiger partial charge in [-0.15, -0.1) is 0 Å². The van der Waals surface area contributed by atoms with Crippen LogP contribution in [0.1, 0.15) is 49.7 Å². The minimum Gasteiger partial charge on any atom is -0.299 e. The van der Waals surface area contributed by atoms with Crippen LogP contribution in [0.4, 0.5) is 0 Å². The molecule has 1 aromatic carbocycles. The smallest absolute Gasteiger partial charge is 0.0236 e. The van der Waals surface area contributed by atoms with Crippen molar-refractivity contribution in [2.24, 2.45) is 0 Å². The second-order valence-corrected chi connectivity index (χ2v) is 6.44. The van der Waals surface area contributed by atoms with Crippen LogP contribution in [0.15, 0.2) is 24.3 Å². The molecule has 0 amide bonds. The molecule has 2 nitrogen and oxygen atoms in total. The molecule has 20 heavy (non-hydrogen) atoms. The summed E-state index contributed by atoms with van der Waals surface area (Å²) in [5.41, 5.74) is 3.11. The van der Waals surface area contributed by atoms with E-state index < -0.39 is 0 Å². The molecule has 3 rings (SSSR count). The number of piperidine rings is 2. The van der Waals surface area contributed by atoms with Gasteiger partial charge in [0.05, 0.1) is 0 Å². The van der Waals surface area contributed by atoms with Crippen LogP contribution in [0.25, 0.3) is 0 Å². The molecule has 0 aromatic heterocycles. The molecule has 0 saturated carbocycles. The molecule has 2 fully saturated rings. The highest BCUT2D eigenvalue weighted by molar-refractivity contribution is 5.27. The van der Waals surface area contributed by atoms with Crippen LogP contribution in [-0.2, 0) is 13.1 Å². The summed E-state index contributed by atoms with van der Waals surface area (Å²) in [5.74, 6) is 0. The topological polar surface area (TPSA) is 6.48 Å². The fourth-order valence-corrected chi connectivity index (χ4v) is 3.58.